The molecular formula is C12H16FN3O. The van der Waals surface area contributed by atoms with Crippen molar-refractivity contribution in [2.45, 2.75) is 12.5 Å². The molecule has 1 heterocycles. The first kappa shape index (κ1) is 11.9. The first-order valence-electron chi connectivity index (χ1n) is 5.71. The van der Waals surface area contributed by atoms with Crippen molar-refractivity contribution < 1.29 is 9.50 Å². The predicted octanol–water partition coefficient (Wildman–Crippen LogP) is 0.798. The van der Waals surface area contributed by atoms with Crippen molar-refractivity contribution in [1.29, 1.82) is 0 Å². The molecule has 1 aliphatic rings. The Balaban J connectivity index is 1.88. The number of hydrogen-bond donors (Lipinski definition) is 3. The molecule has 1 aliphatic heterocycles. The molecule has 4 nitrogen and oxygen atoms in total. The number of nitrogens with one attached hydrogen (secondary N) is 2. The van der Waals surface area contributed by atoms with E-state index in [1.165, 1.54) is 12.1 Å². The first-order valence-corrected chi connectivity index (χ1v) is 5.71. The van der Waals surface area contributed by atoms with Gasteiger partial charge in [0.05, 0.1) is 6.10 Å². The normalized spacial score (nSPS) is 16.9. The molecule has 0 radical (unpaired) electrons. The van der Waals surface area contributed by atoms with Gasteiger partial charge in [-0.05, 0) is 24.1 Å². The van der Waals surface area contributed by atoms with E-state index in [2.05, 4.69) is 15.6 Å². The van der Waals surface area contributed by atoms with E-state index < -0.39 is 6.10 Å². The van der Waals surface area contributed by atoms with Crippen LogP contribution in [-0.4, -0.2) is 30.7 Å². The van der Waals surface area contributed by atoms with Crippen LogP contribution in [0, 0.1) is 5.82 Å². The Kier molecular flexibility index (Phi) is 3.93. The summed E-state index contributed by atoms with van der Waals surface area (Å²) in [6.07, 6.45) is 0.287. The van der Waals surface area contributed by atoms with E-state index in [0.717, 1.165) is 19.5 Å². The lowest BCUT2D eigenvalue weighted by Gasteiger charge is -2.18. The van der Waals surface area contributed by atoms with Crippen LogP contribution in [0.25, 0.3) is 0 Å². The Hall–Kier alpha value is -1.62. The molecule has 5 heteroatoms. The predicted molar refractivity (Wildman–Crippen MR) is 64.3 cm³/mol. The zero-order valence-electron chi connectivity index (χ0n) is 9.49. The van der Waals surface area contributed by atoms with Gasteiger partial charge in [-0.25, -0.2) is 4.39 Å². The molecule has 0 aromatic heterocycles. The number of halogens is 1. The molecule has 0 saturated heterocycles. The molecule has 1 atom stereocenters. The lowest BCUT2D eigenvalue weighted by Crippen LogP contribution is -2.42. The van der Waals surface area contributed by atoms with Gasteiger partial charge in [0.2, 0.25) is 0 Å². The second-order valence-electron chi connectivity index (χ2n) is 3.96. The molecule has 0 fully saturated rings. The Morgan fingerprint density at radius 2 is 2.41 bits per heavy atom. The molecule has 1 aromatic carbocycles. The van der Waals surface area contributed by atoms with Crippen molar-refractivity contribution in [1.82, 2.24) is 10.6 Å². The van der Waals surface area contributed by atoms with Crippen molar-refractivity contribution in [3.8, 4) is 0 Å². The molecule has 3 N–H and O–H groups in total. The number of benzene rings is 1. The number of aliphatic imine (C=N–C) groups is 1. The van der Waals surface area contributed by atoms with Gasteiger partial charge in [-0.1, -0.05) is 12.1 Å². The average Bonchev–Trinajstić information content (AvgIpc) is 2.37. The van der Waals surface area contributed by atoms with Gasteiger partial charge in [-0.3, -0.25) is 4.99 Å². The zero-order chi connectivity index (χ0) is 12.1. The highest BCUT2D eigenvalue weighted by Gasteiger charge is 2.10. The number of aliphatic hydroxyl groups excluding tert-OH is 1. The summed E-state index contributed by atoms with van der Waals surface area (Å²) in [6.45, 7) is 2.00. The minimum Gasteiger partial charge on any atom is -0.387 e. The Labute approximate surface area is 99.6 Å². The molecular weight excluding hydrogens is 221 g/mol. The van der Waals surface area contributed by atoms with E-state index in [0.29, 0.717) is 18.1 Å². The summed E-state index contributed by atoms with van der Waals surface area (Å²) in [5.41, 5.74) is 0.564. The maximum absolute atomic E-state index is 13.0. The Morgan fingerprint density at radius 1 is 1.53 bits per heavy atom. The highest BCUT2D eigenvalue weighted by atomic mass is 19.1. The average molecular weight is 237 g/mol. The monoisotopic (exact) mass is 237 g/mol. The quantitative estimate of drug-likeness (QED) is 0.728. The van der Waals surface area contributed by atoms with E-state index in [1.54, 1.807) is 12.1 Å². The topological polar surface area (TPSA) is 56.6 Å². The van der Waals surface area contributed by atoms with Gasteiger partial charge in [0.1, 0.15) is 5.82 Å². The molecule has 92 valence electrons. The maximum Gasteiger partial charge on any atom is 0.191 e. The third-order valence-electron chi connectivity index (χ3n) is 2.59. The van der Waals surface area contributed by atoms with E-state index in [-0.39, 0.29) is 5.82 Å². The van der Waals surface area contributed by atoms with Crippen LogP contribution < -0.4 is 10.6 Å². The third-order valence-corrected chi connectivity index (χ3v) is 2.59. The van der Waals surface area contributed by atoms with Gasteiger partial charge in [0.15, 0.2) is 5.96 Å². The summed E-state index contributed by atoms with van der Waals surface area (Å²) in [6, 6.07) is 5.98. The highest BCUT2D eigenvalue weighted by molar-refractivity contribution is 5.80. The summed E-state index contributed by atoms with van der Waals surface area (Å²) in [4.78, 5) is 4.22. The van der Waals surface area contributed by atoms with Crippen molar-refractivity contribution in [3.63, 3.8) is 0 Å². The van der Waals surface area contributed by atoms with E-state index in [4.69, 9.17) is 0 Å². The molecule has 1 unspecified atom stereocenters. The van der Waals surface area contributed by atoms with Crippen molar-refractivity contribution in [3.05, 3.63) is 35.6 Å². The number of rotatable bonds is 3. The highest BCUT2D eigenvalue weighted by Crippen LogP contribution is 2.12. The van der Waals surface area contributed by atoms with Gasteiger partial charge in [-0.2, -0.15) is 0 Å². The molecule has 2 rings (SSSR count). The number of hydrogen-bond acceptors (Lipinski definition) is 4. The lowest BCUT2D eigenvalue weighted by molar-refractivity contribution is 0.180. The number of guanidine groups is 1. The van der Waals surface area contributed by atoms with Crippen LogP contribution in [-0.2, 0) is 0 Å². The van der Waals surface area contributed by atoms with Crippen LogP contribution in [0.15, 0.2) is 29.3 Å². The smallest absolute Gasteiger partial charge is 0.191 e. The molecule has 0 bridgehead atoms. The van der Waals surface area contributed by atoms with Crippen LogP contribution in [0.1, 0.15) is 18.1 Å². The minimum absolute atomic E-state index is 0.315. The molecule has 0 saturated carbocycles. The van der Waals surface area contributed by atoms with Crippen LogP contribution in [0.4, 0.5) is 4.39 Å². The maximum atomic E-state index is 13.0. The number of nitrogens with zero attached hydrogens (tertiary/aromatic N) is 1. The fourth-order valence-electron chi connectivity index (χ4n) is 1.68. The number of aliphatic hydroxyl groups is 1. The molecule has 0 spiro atoms. The van der Waals surface area contributed by atoms with Crippen molar-refractivity contribution in [2.75, 3.05) is 19.6 Å². The minimum atomic E-state index is -0.739. The van der Waals surface area contributed by atoms with Crippen LogP contribution in [0.2, 0.25) is 0 Å². The second-order valence-corrected chi connectivity index (χ2v) is 3.96. The first-order chi connectivity index (χ1) is 8.25. The van der Waals surface area contributed by atoms with Gasteiger partial charge in [0, 0.05) is 19.6 Å². The van der Waals surface area contributed by atoms with Gasteiger partial charge >= 0.3 is 0 Å². The third kappa shape index (κ3) is 3.42. The van der Waals surface area contributed by atoms with E-state index >= 15 is 0 Å². The summed E-state index contributed by atoms with van der Waals surface area (Å²) in [5.74, 6) is 0.362. The summed E-state index contributed by atoms with van der Waals surface area (Å²) >= 11 is 0. The Morgan fingerprint density at radius 3 is 3.12 bits per heavy atom. The fourth-order valence-corrected chi connectivity index (χ4v) is 1.68. The SMILES string of the molecule is OC(CNC1=NCCCN1)c1cccc(F)c1. The summed E-state index contributed by atoms with van der Waals surface area (Å²) < 4.78 is 13.0. The second kappa shape index (κ2) is 5.63. The van der Waals surface area contributed by atoms with Crippen LogP contribution >= 0.6 is 0 Å². The van der Waals surface area contributed by atoms with E-state index in [9.17, 15) is 9.50 Å². The zero-order valence-corrected chi connectivity index (χ0v) is 9.49. The van der Waals surface area contributed by atoms with Crippen molar-refractivity contribution >= 4 is 5.96 Å². The summed E-state index contributed by atoms with van der Waals surface area (Å²) in [7, 11) is 0. The van der Waals surface area contributed by atoms with Crippen molar-refractivity contribution in [2.24, 2.45) is 4.99 Å². The van der Waals surface area contributed by atoms with E-state index in [1.807, 2.05) is 0 Å². The Bertz CT molecular complexity index is 408. The molecule has 0 aliphatic carbocycles. The lowest BCUT2D eigenvalue weighted by atomic mass is 10.1. The van der Waals surface area contributed by atoms with Gasteiger partial charge in [0.25, 0.3) is 0 Å². The van der Waals surface area contributed by atoms with Gasteiger partial charge < -0.3 is 15.7 Å². The summed E-state index contributed by atoms with van der Waals surface area (Å²) in [5, 5.41) is 16.0. The molecule has 1 aromatic rings. The van der Waals surface area contributed by atoms with Crippen LogP contribution in [0.3, 0.4) is 0 Å². The van der Waals surface area contributed by atoms with Gasteiger partial charge in [-0.15, -0.1) is 0 Å². The molecule has 0 amide bonds. The largest absolute Gasteiger partial charge is 0.387 e. The fraction of sp³-hybridized carbons (Fsp3) is 0.417. The standard InChI is InChI=1S/C12H16FN3O/c13-10-4-1-3-9(7-10)11(17)8-16-12-14-5-2-6-15-12/h1,3-4,7,11,17H,2,5-6,8H2,(H2,14,15,16). The van der Waals surface area contributed by atoms with Crippen LogP contribution in [0.5, 0.6) is 0 Å². The molecule has 17 heavy (non-hydrogen) atoms.